The number of benzene rings is 1. The molecule has 3 rings (SSSR count). The zero-order chi connectivity index (χ0) is 13.4. The van der Waals surface area contributed by atoms with E-state index in [9.17, 15) is 15.0 Å². The molecule has 1 aromatic carbocycles. The molecule has 5 nitrogen and oxygen atoms in total. The van der Waals surface area contributed by atoms with Crippen LogP contribution in [0.2, 0.25) is 0 Å². The number of fused-ring (bicyclic) bond motifs is 1. The normalized spacial score (nSPS) is 10.7. The van der Waals surface area contributed by atoms with Gasteiger partial charge in [0.2, 0.25) is 0 Å². The molecule has 0 spiro atoms. The quantitative estimate of drug-likeness (QED) is 0.696. The Bertz CT molecular complexity index is 806. The molecule has 0 amide bonds. The van der Waals surface area contributed by atoms with Crippen molar-refractivity contribution in [2.45, 2.75) is 0 Å². The van der Waals surface area contributed by atoms with Gasteiger partial charge in [-0.3, -0.25) is 4.79 Å². The number of phenolic OH excluding ortho intramolecular Hbond substituents is 1. The van der Waals surface area contributed by atoms with E-state index in [1.807, 2.05) is 0 Å². The van der Waals surface area contributed by atoms with Crippen LogP contribution in [-0.2, 0) is 0 Å². The highest BCUT2D eigenvalue weighted by Crippen LogP contribution is 2.26. The summed E-state index contributed by atoms with van der Waals surface area (Å²) in [7, 11) is 0. The molecule has 0 atom stereocenters. The molecule has 2 heterocycles. The summed E-state index contributed by atoms with van der Waals surface area (Å²) in [5.41, 5.74) is 0.266. The molecule has 0 aliphatic heterocycles. The number of para-hydroxylation sites is 1. The maximum Gasteiger partial charge on any atom is 0.193 e. The smallest absolute Gasteiger partial charge is 0.193 e. The number of aromatic nitrogens is 1. The summed E-state index contributed by atoms with van der Waals surface area (Å²) in [6, 6.07) is 8.87. The van der Waals surface area contributed by atoms with E-state index >= 15 is 0 Å². The van der Waals surface area contributed by atoms with Crippen LogP contribution in [-0.4, -0.2) is 15.2 Å². The zero-order valence-electron chi connectivity index (χ0n) is 9.70. The van der Waals surface area contributed by atoms with Gasteiger partial charge in [0.05, 0.1) is 11.6 Å². The van der Waals surface area contributed by atoms with Crippen LogP contribution in [0, 0.1) is 0 Å². The van der Waals surface area contributed by atoms with Crippen LogP contribution in [0.3, 0.4) is 0 Å². The van der Waals surface area contributed by atoms with Gasteiger partial charge in [0.25, 0.3) is 0 Å². The molecular weight excluding hydrogens is 246 g/mol. The van der Waals surface area contributed by atoms with Crippen LogP contribution in [0.15, 0.2) is 51.8 Å². The zero-order valence-corrected chi connectivity index (χ0v) is 9.70. The number of hydrogen-bond acceptors (Lipinski definition) is 5. The summed E-state index contributed by atoms with van der Waals surface area (Å²) in [5, 5.41) is 19.2. The minimum atomic E-state index is -0.262. The minimum absolute atomic E-state index is 0.0229. The van der Waals surface area contributed by atoms with Gasteiger partial charge in [-0.05, 0) is 24.3 Å². The molecule has 2 aromatic heterocycles. The van der Waals surface area contributed by atoms with Crippen molar-refractivity contribution in [1.29, 1.82) is 0 Å². The van der Waals surface area contributed by atoms with Gasteiger partial charge in [0, 0.05) is 6.07 Å². The van der Waals surface area contributed by atoms with Crippen molar-refractivity contribution in [2.24, 2.45) is 0 Å². The van der Waals surface area contributed by atoms with Crippen LogP contribution in [0.1, 0.15) is 0 Å². The molecule has 2 N–H and O–H groups in total. The predicted molar refractivity (Wildman–Crippen MR) is 69.0 cm³/mol. The van der Waals surface area contributed by atoms with E-state index in [2.05, 4.69) is 4.98 Å². The summed E-state index contributed by atoms with van der Waals surface area (Å²) < 4.78 is 5.51. The number of aromatic hydroxyl groups is 2. The summed E-state index contributed by atoms with van der Waals surface area (Å²) in [6.07, 6.45) is 1.25. The first-order valence-electron chi connectivity index (χ1n) is 5.56. The first-order chi connectivity index (χ1) is 9.15. The van der Waals surface area contributed by atoms with Gasteiger partial charge in [-0.2, -0.15) is 0 Å². The Morgan fingerprint density at radius 3 is 2.68 bits per heavy atom. The van der Waals surface area contributed by atoms with E-state index in [0.717, 1.165) is 0 Å². The molecule has 0 aliphatic rings. The van der Waals surface area contributed by atoms with Crippen molar-refractivity contribution in [3.63, 3.8) is 0 Å². The number of phenols is 1. The van der Waals surface area contributed by atoms with E-state index in [1.54, 1.807) is 12.1 Å². The van der Waals surface area contributed by atoms with Gasteiger partial charge in [-0.1, -0.05) is 6.07 Å². The van der Waals surface area contributed by atoms with Crippen LogP contribution >= 0.6 is 0 Å². The SMILES string of the molecule is O=c1cc(-c2ccc(O)cn2)oc2c(O)cccc12. The number of rotatable bonds is 1. The van der Waals surface area contributed by atoms with Crippen LogP contribution in [0.5, 0.6) is 11.5 Å². The topological polar surface area (TPSA) is 83.6 Å². The fraction of sp³-hybridized carbons (Fsp3) is 0. The van der Waals surface area contributed by atoms with Gasteiger partial charge in [0.15, 0.2) is 22.5 Å². The lowest BCUT2D eigenvalue weighted by Gasteiger charge is -2.03. The largest absolute Gasteiger partial charge is 0.506 e. The highest BCUT2D eigenvalue weighted by Gasteiger charge is 2.10. The summed E-state index contributed by atoms with van der Waals surface area (Å²) in [4.78, 5) is 15.9. The highest BCUT2D eigenvalue weighted by atomic mass is 16.4. The Morgan fingerprint density at radius 2 is 1.95 bits per heavy atom. The molecule has 19 heavy (non-hydrogen) atoms. The van der Waals surface area contributed by atoms with Crippen molar-refractivity contribution < 1.29 is 14.6 Å². The van der Waals surface area contributed by atoms with Crippen molar-refractivity contribution in [3.05, 3.63) is 52.8 Å². The third-order valence-corrected chi connectivity index (χ3v) is 2.73. The summed E-state index contributed by atoms with van der Waals surface area (Å²) in [6.45, 7) is 0. The van der Waals surface area contributed by atoms with Gasteiger partial charge in [0.1, 0.15) is 11.4 Å². The highest BCUT2D eigenvalue weighted by molar-refractivity contribution is 5.83. The molecule has 0 bridgehead atoms. The fourth-order valence-corrected chi connectivity index (χ4v) is 1.82. The molecule has 3 aromatic rings. The molecule has 0 radical (unpaired) electrons. The Kier molecular flexibility index (Phi) is 2.45. The average Bonchev–Trinajstić information content (AvgIpc) is 2.41. The number of pyridine rings is 1. The molecule has 5 heteroatoms. The van der Waals surface area contributed by atoms with E-state index < -0.39 is 0 Å². The molecule has 0 aliphatic carbocycles. The Labute approximate surface area is 107 Å². The Balaban J connectivity index is 2.29. The minimum Gasteiger partial charge on any atom is -0.506 e. The van der Waals surface area contributed by atoms with E-state index in [1.165, 1.54) is 30.5 Å². The lowest BCUT2D eigenvalue weighted by atomic mass is 10.2. The Morgan fingerprint density at radius 1 is 1.11 bits per heavy atom. The summed E-state index contributed by atoms with van der Waals surface area (Å²) in [5.74, 6) is 0.156. The number of nitrogens with zero attached hydrogens (tertiary/aromatic N) is 1. The average molecular weight is 255 g/mol. The first kappa shape index (κ1) is 11.3. The third-order valence-electron chi connectivity index (χ3n) is 2.73. The van der Waals surface area contributed by atoms with Crippen LogP contribution in [0.25, 0.3) is 22.4 Å². The van der Waals surface area contributed by atoms with Gasteiger partial charge in [-0.25, -0.2) is 4.98 Å². The molecule has 0 unspecified atom stereocenters. The second-order valence-electron chi connectivity index (χ2n) is 4.03. The third kappa shape index (κ3) is 1.91. The first-order valence-corrected chi connectivity index (χ1v) is 5.56. The monoisotopic (exact) mass is 255 g/mol. The van der Waals surface area contributed by atoms with E-state index in [-0.39, 0.29) is 28.3 Å². The molecule has 94 valence electrons. The van der Waals surface area contributed by atoms with E-state index in [0.29, 0.717) is 11.1 Å². The lowest BCUT2D eigenvalue weighted by Crippen LogP contribution is -2.00. The van der Waals surface area contributed by atoms with Crippen molar-refractivity contribution in [1.82, 2.24) is 4.98 Å². The fourth-order valence-electron chi connectivity index (χ4n) is 1.82. The summed E-state index contributed by atoms with van der Waals surface area (Å²) >= 11 is 0. The number of hydrogen-bond donors (Lipinski definition) is 2. The molecular formula is C14H9NO4. The molecule has 0 saturated heterocycles. The predicted octanol–water partition coefficient (Wildman–Crippen LogP) is 2.27. The maximum atomic E-state index is 11.9. The molecule has 0 fully saturated rings. The lowest BCUT2D eigenvalue weighted by molar-refractivity contribution is 0.464. The van der Waals surface area contributed by atoms with Crippen LogP contribution < -0.4 is 5.43 Å². The van der Waals surface area contributed by atoms with Crippen molar-refractivity contribution in [2.75, 3.05) is 0 Å². The second kappa shape index (κ2) is 4.13. The van der Waals surface area contributed by atoms with Gasteiger partial charge >= 0.3 is 0 Å². The van der Waals surface area contributed by atoms with Crippen molar-refractivity contribution >= 4 is 11.0 Å². The van der Waals surface area contributed by atoms with Crippen molar-refractivity contribution in [3.8, 4) is 23.0 Å². The van der Waals surface area contributed by atoms with Crippen LogP contribution in [0.4, 0.5) is 0 Å². The maximum absolute atomic E-state index is 11.9. The van der Waals surface area contributed by atoms with Gasteiger partial charge in [-0.15, -0.1) is 0 Å². The standard InChI is InChI=1S/C14H9NO4/c16-8-4-5-10(15-7-8)13-6-12(18)9-2-1-3-11(17)14(9)19-13/h1-7,16-17H. The Hall–Kier alpha value is -2.82. The van der Waals surface area contributed by atoms with Gasteiger partial charge < -0.3 is 14.6 Å². The second-order valence-corrected chi connectivity index (χ2v) is 4.03. The van der Waals surface area contributed by atoms with E-state index in [4.69, 9.17) is 4.42 Å². The molecule has 0 saturated carbocycles.